The lowest BCUT2D eigenvalue weighted by atomic mass is 10.3. The zero-order valence-corrected chi connectivity index (χ0v) is 8.77. The number of carboxylic acids is 1. The van der Waals surface area contributed by atoms with Gasteiger partial charge in [-0.25, -0.2) is 4.79 Å². The Morgan fingerprint density at radius 3 is 2.47 bits per heavy atom. The van der Waals surface area contributed by atoms with Crippen LogP contribution in [0.3, 0.4) is 0 Å². The predicted octanol–water partition coefficient (Wildman–Crippen LogP) is 0.134. The van der Waals surface area contributed by atoms with Crippen molar-refractivity contribution in [1.82, 2.24) is 9.80 Å². The second-order valence-electron chi connectivity index (χ2n) is 3.69. The topological polar surface area (TPSA) is 77.9 Å². The lowest BCUT2D eigenvalue weighted by Crippen LogP contribution is -2.37. The number of carbonyl (C=O) groups excluding carboxylic acids is 2. The van der Waals surface area contributed by atoms with Crippen molar-refractivity contribution in [3.8, 4) is 0 Å². The molecule has 15 heavy (non-hydrogen) atoms. The van der Waals surface area contributed by atoms with Gasteiger partial charge in [0, 0.05) is 12.6 Å². The maximum atomic E-state index is 11.6. The highest BCUT2D eigenvalue weighted by Gasteiger charge is 2.36. The molecule has 6 heteroatoms. The van der Waals surface area contributed by atoms with E-state index in [1.807, 2.05) is 13.8 Å². The van der Waals surface area contributed by atoms with Gasteiger partial charge in [-0.1, -0.05) is 0 Å². The summed E-state index contributed by atoms with van der Waals surface area (Å²) in [7, 11) is 0. The number of rotatable bonds is 4. The van der Waals surface area contributed by atoms with Crippen molar-refractivity contribution in [3.63, 3.8) is 0 Å². The first-order valence-electron chi connectivity index (χ1n) is 4.76. The summed E-state index contributed by atoms with van der Waals surface area (Å²) in [6, 6.07) is -0.437. The Morgan fingerprint density at radius 2 is 2.07 bits per heavy atom. The summed E-state index contributed by atoms with van der Waals surface area (Å²) in [6.45, 7) is 3.63. The molecule has 0 atom stereocenters. The molecular weight excluding hydrogens is 200 g/mol. The van der Waals surface area contributed by atoms with Gasteiger partial charge in [-0.05, 0) is 13.8 Å². The number of nitrogens with zero attached hydrogens (tertiary/aromatic N) is 2. The SMILES string of the molecule is CC(C)N1CC(=O)N(CCC(=O)O)C1=O. The number of hydrogen-bond acceptors (Lipinski definition) is 3. The molecule has 6 nitrogen and oxygen atoms in total. The minimum atomic E-state index is -1.02. The molecule has 1 rings (SSSR count). The van der Waals surface area contributed by atoms with Crippen LogP contribution in [0.2, 0.25) is 0 Å². The van der Waals surface area contributed by atoms with Gasteiger partial charge >= 0.3 is 12.0 Å². The zero-order valence-electron chi connectivity index (χ0n) is 8.77. The maximum absolute atomic E-state index is 11.6. The summed E-state index contributed by atoms with van der Waals surface area (Å²) in [4.78, 5) is 35.7. The van der Waals surface area contributed by atoms with Crippen LogP contribution < -0.4 is 0 Å². The molecular formula is C9H14N2O4. The van der Waals surface area contributed by atoms with Gasteiger partial charge in [0.2, 0.25) is 5.91 Å². The van der Waals surface area contributed by atoms with Gasteiger partial charge in [-0.15, -0.1) is 0 Å². The fourth-order valence-electron chi connectivity index (χ4n) is 1.39. The fourth-order valence-corrected chi connectivity index (χ4v) is 1.39. The van der Waals surface area contributed by atoms with Gasteiger partial charge in [-0.2, -0.15) is 0 Å². The van der Waals surface area contributed by atoms with Crippen LogP contribution in [0.1, 0.15) is 20.3 Å². The van der Waals surface area contributed by atoms with Crippen LogP contribution in [-0.4, -0.2) is 51.9 Å². The average Bonchev–Trinajstić information content (AvgIpc) is 2.39. The Bertz CT molecular complexity index is 300. The number of imide groups is 1. The number of amides is 3. The van der Waals surface area contributed by atoms with E-state index in [1.165, 1.54) is 4.90 Å². The van der Waals surface area contributed by atoms with Crippen LogP contribution >= 0.6 is 0 Å². The predicted molar refractivity (Wildman–Crippen MR) is 51.2 cm³/mol. The van der Waals surface area contributed by atoms with E-state index in [4.69, 9.17) is 5.11 Å². The number of aliphatic carboxylic acids is 1. The molecule has 0 saturated carbocycles. The summed E-state index contributed by atoms with van der Waals surface area (Å²) in [5.41, 5.74) is 0. The molecule has 1 saturated heterocycles. The molecule has 0 spiro atoms. The average molecular weight is 214 g/mol. The van der Waals surface area contributed by atoms with Crippen LogP contribution in [0.4, 0.5) is 4.79 Å². The van der Waals surface area contributed by atoms with Crippen LogP contribution in [0.25, 0.3) is 0 Å². The molecule has 84 valence electrons. The summed E-state index contributed by atoms with van der Waals surface area (Å²) >= 11 is 0. The summed E-state index contributed by atoms with van der Waals surface area (Å²) in [5.74, 6) is -1.34. The quantitative estimate of drug-likeness (QED) is 0.675. The number of carbonyl (C=O) groups is 3. The van der Waals surface area contributed by atoms with E-state index < -0.39 is 12.0 Å². The molecule has 1 aliphatic heterocycles. The Kier molecular flexibility index (Phi) is 3.28. The Labute approximate surface area is 87.5 Å². The van der Waals surface area contributed by atoms with E-state index in [2.05, 4.69) is 0 Å². The minimum Gasteiger partial charge on any atom is -0.481 e. The molecule has 1 fully saturated rings. The Balaban J connectivity index is 2.63. The molecule has 0 aromatic heterocycles. The molecule has 0 radical (unpaired) electrons. The van der Waals surface area contributed by atoms with Crippen molar-refractivity contribution < 1.29 is 19.5 Å². The molecule has 0 unspecified atom stereocenters. The van der Waals surface area contributed by atoms with E-state index in [-0.39, 0.29) is 31.5 Å². The van der Waals surface area contributed by atoms with Gasteiger partial charge in [-0.3, -0.25) is 14.5 Å². The third-order valence-electron chi connectivity index (χ3n) is 2.26. The molecule has 1 aliphatic rings. The van der Waals surface area contributed by atoms with Crippen LogP contribution in [0.5, 0.6) is 0 Å². The van der Waals surface area contributed by atoms with Gasteiger partial charge in [0.1, 0.15) is 6.54 Å². The fraction of sp³-hybridized carbons (Fsp3) is 0.667. The second-order valence-corrected chi connectivity index (χ2v) is 3.69. The van der Waals surface area contributed by atoms with Crippen molar-refractivity contribution in [2.24, 2.45) is 0 Å². The van der Waals surface area contributed by atoms with Crippen molar-refractivity contribution in [2.75, 3.05) is 13.1 Å². The van der Waals surface area contributed by atoms with Crippen LogP contribution in [0.15, 0.2) is 0 Å². The standard InChI is InChI=1S/C9H14N2O4/c1-6(2)11-5-7(12)10(9(11)15)4-3-8(13)14/h6H,3-5H2,1-2H3,(H,13,14). The Hall–Kier alpha value is -1.59. The highest BCUT2D eigenvalue weighted by molar-refractivity contribution is 6.02. The molecule has 0 bridgehead atoms. The lowest BCUT2D eigenvalue weighted by Gasteiger charge is -2.19. The van der Waals surface area contributed by atoms with Crippen molar-refractivity contribution in [1.29, 1.82) is 0 Å². The number of urea groups is 1. The number of carboxylic acid groups (broad SMARTS) is 1. The van der Waals surface area contributed by atoms with Gasteiger partial charge in [0.05, 0.1) is 6.42 Å². The van der Waals surface area contributed by atoms with Crippen molar-refractivity contribution in [3.05, 3.63) is 0 Å². The monoisotopic (exact) mass is 214 g/mol. The normalized spacial score (nSPS) is 16.7. The molecule has 1 heterocycles. The molecule has 0 aromatic rings. The third-order valence-corrected chi connectivity index (χ3v) is 2.26. The van der Waals surface area contributed by atoms with Crippen LogP contribution in [-0.2, 0) is 9.59 Å². The third kappa shape index (κ3) is 2.45. The molecule has 3 amide bonds. The van der Waals surface area contributed by atoms with E-state index >= 15 is 0 Å². The van der Waals surface area contributed by atoms with E-state index in [9.17, 15) is 14.4 Å². The van der Waals surface area contributed by atoms with Crippen molar-refractivity contribution in [2.45, 2.75) is 26.3 Å². The van der Waals surface area contributed by atoms with E-state index in [0.717, 1.165) is 4.90 Å². The lowest BCUT2D eigenvalue weighted by molar-refractivity contribution is -0.137. The minimum absolute atomic E-state index is 0.0451. The van der Waals surface area contributed by atoms with E-state index in [0.29, 0.717) is 0 Å². The maximum Gasteiger partial charge on any atom is 0.327 e. The summed E-state index contributed by atoms with van der Waals surface area (Å²) < 4.78 is 0. The molecule has 0 aromatic carbocycles. The highest BCUT2D eigenvalue weighted by Crippen LogP contribution is 2.13. The highest BCUT2D eigenvalue weighted by atomic mass is 16.4. The van der Waals surface area contributed by atoms with Gasteiger partial charge in [0.25, 0.3) is 0 Å². The first kappa shape index (κ1) is 11.5. The summed E-state index contributed by atoms with van der Waals surface area (Å²) in [6.07, 6.45) is -0.205. The van der Waals surface area contributed by atoms with Crippen molar-refractivity contribution >= 4 is 17.9 Å². The molecule has 1 N–H and O–H groups in total. The first-order valence-corrected chi connectivity index (χ1v) is 4.76. The second kappa shape index (κ2) is 4.29. The zero-order chi connectivity index (χ0) is 11.6. The summed E-state index contributed by atoms with van der Waals surface area (Å²) in [5, 5.41) is 8.46. The van der Waals surface area contributed by atoms with Gasteiger partial charge in [0.15, 0.2) is 0 Å². The largest absolute Gasteiger partial charge is 0.481 e. The number of hydrogen-bond donors (Lipinski definition) is 1. The smallest absolute Gasteiger partial charge is 0.327 e. The molecule has 0 aliphatic carbocycles. The first-order chi connectivity index (χ1) is 6.93. The van der Waals surface area contributed by atoms with Crippen LogP contribution in [0, 0.1) is 0 Å². The Morgan fingerprint density at radius 1 is 1.47 bits per heavy atom. The van der Waals surface area contributed by atoms with E-state index in [1.54, 1.807) is 0 Å². The van der Waals surface area contributed by atoms with Gasteiger partial charge < -0.3 is 10.0 Å².